The lowest BCUT2D eigenvalue weighted by atomic mass is 9.79. The number of benzene rings is 3. The maximum atomic E-state index is 12.1. The second-order valence-corrected chi connectivity index (χ2v) is 12.7. The molecule has 0 aromatic heterocycles. The lowest BCUT2D eigenvalue weighted by Crippen LogP contribution is -2.46. The second-order valence-electron chi connectivity index (χ2n) is 10.5. The van der Waals surface area contributed by atoms with E-state index in [0.717, 1.165) is 41.8 Å². The third-order valence-corrected chi connectivity index (χ3v) is 9.89. The Labute approximate surface area is 219 Å². The molecule has 196 valence electrons. The van der Waals surface area contributed by atoms with Crippen molar-refractivity contribution in [3.05, 3.63) is 82.9 Å². The van der Waals surface area contributed by atoms with Gasteiger partial charge in [0, 0.05) is 24.2 Å². The zero-order valence-corrected chi connectivity index (χ0v) is 22.4. The van der Waals surface area contributed by atoms with Gasteiger partial charge < -0.3 is 15.1 Å². The molecular weight excluding hydrogens is 484 g/mol. The van der Waals surface area contributed by atoms with Gasteiger partial charge in [0.25, 0.3) is 0 Å². The van der Waals surface area contributed by atoms with Gasteiger partial charge >= 0.3 is 0 Å². The van der Waals surface area contributed by atoms with E-state index in [1.54, 1.807) is 31.2 Å². The minimum Gasteiger partial charge on any atom is -0.392 e. The monoisotopic (exact) mass is 520 g/mol. The number of rotatable bonds is 8. The molecule has 5 rings (SSSR count). The van der Waals surface area contributed by atoms with Crippen LogP contribution < -0.4 is 10.2 Å². The molecular formula is C30H36N2O4S. The first-order chi connectivity index (χ1) is 17.8. The number of nitrogens with one attached hydrogen (secondary N) is 1. The number of nitrogens with zero attached hydrogens (tertiary/aromatic N) is 1. The van der Waals surface area contributed by atoms with Crippen molar-refractivity contribution in [3.63, 3.8) is 0 Å². The number of fused-ring (bicyclic) bond motifs is 2. The van der Waals surface area contributed by atoms with Crippen LogP contribution in [0, 0.1) is 6.92 Å². The Morgan fingerprint density at radius 3 is 2.35 bits per heavy atom. The summed E-state index contributed by atoms with van der Waals surface area (Å²) in [5.74, 6) is 0.0781. The molecule has 2 aliphatic rings. The Bertz CT molecular complexity index is 1380. The Kier molecular flexibility index (Phi) is 7.16. The summed E-state index contributed by atoms with van der Waals surface area (Å²) in [5, 5.41) is 23.9. The summed E-state index contributed by atoms with van der Waals surface area (Å²) in [4.78, 5) is 2.40. The number of aliphatic hydroxyl groups excluding tert-OH is 2. The van der Waals surface area contributed by atoms with E-state index in [2.05, 4.69) is 41.4 Å². The number of sulfone groups is 1. The SMILES string of the molecule is CCS(=O)(=O)c1ccc(CNC(O)N2CC3(CCCC3)c3cc(-c4ccc(CO)cc4C)ccc32)cc1. The summed E-state index contributed by atoms with van der Waals surface area (Å²) < 4.78 is 24.2. The van der Waals surface area contributed by atoms with Crippen LogP contribution in [0.25, 0.3) is 11.1 Å². The summed E-state index contributed by atoms with van der Waals surface area (Å²) in [7, 11) is -3.22. The predicted octanol–water partition coefficient (Wildman–Crippen LogP) is 4.65. The summed E-state index contributed by atoms with van der Waals surface area (Å²) in [6.07, 6.45) is 3.76. The maximum Gasteiger partial charge on any atom is 0.184 e. The van der Waals surface area contributed by atoms with Gasteiger partial charge in [-0.1, -0.05) is 56.2 Å². The predicted molar refractivity (Wildman–Crippen MR) is 147 cm³/mol. The van der Waals surface area contributed by atoms with Crippen LogP contribution in [0.1, 0.15) is 54.9 Å². The van der Waals surface area contributed by atoms with Crippen LogP contribution in [0.15, 0.2) is 65.6 Å². The van der Waals surface area contributed by atoms with Gasteiger partial charge in [0.1, 0.15) is 0 Å². The molecule has 1 unspecified atom stereocenters. The van der Waals surface area contributed by atoms with E-state index in [1.165, 1.54) is 29.5 Å². The number of anilines is 1. The van der Waals surface area contributed by atoms with Crippen LogP contribution >= 0.6 is 0 Å². The van der Waals surface area contributed by atoms with E-state index in [-0.39, 0.29) is 17.8 Å². The molecule has 0 bridgehead atoms. The molecule has 1 fully saturated rings. The largest absolute Gasteiger partial charge is 0.392 e. The first kappa shape index (κ1) is 25.9. The first-order valence-corrected chi connectivity index (χ1v) is 14.8. The highest BCUT2D eigenvalue weighted by Gasteiger charge is 2.46. The average molecular weight is 521 g/mol. The minimum atomic E-state index is -3.22. The van der Waals surface area contributed by atoms with Crippen LogP contribution in [0.5, 0.6) is 0 Å². The molecule has 0 saturated heterocycles. The fraction of sp³-hybridized carbons (Fsp3) is 0.400. The molecule has 3 N–H and O–H groups in total. The van der Waals surface area contributed by atoms with Crippen molar-refractivity contribution < 1.29 is 18.6 Å². The molecule has 1 aliphatic carbocycles. The summed E-state index contributed by atoms with van der Waals surface area (Å²) in [5.41, 5.74) is 7.72. The first-order valence-electron chi connectivity index (χ1n) is 13.1. The number of aryl methyl sites for hydroxylation is 1. The summed E-state index contributed by atoms with van der Waals surface area (Å²) in [6.45, 7) is 4.97. The van der Waals surface area contributed by atoms with E-state index in [9.17, 15) is 18.6 Å². The highest BCUT2D eigenvalue weighted by molar-refractivity contribution is 7.91. The van der Waals surface area contributed by atoms with Crippen molar-refractivity contribution in [3.8, 4) is 11.1 Å². The molecule has 1 aliphatic heterocycles. The third-order valence-electron chi connectivity index (χ3n) is 8.14. The van der Waals surface area contributed by atoms with E-state index in [4.69, 9.17) is 0 Å². The highest BCUT2D eigenvalue weighted by Crippen LogP contribution is 2.51. The molecule has 1 atom stereocenters. The molecule has 1 heterocycles. The van der Waals surface area contributed by atoms with Crippen molar-refractivity contribution in [2.75, 3.05) is 17.2 Å². The van der Waals surface area contributed by atoms with Crippen LogP contribution in [-0.2, 0) is 28.4 Å². The van der Waals surface area contributed by atoms with E-state index >= 15 is 0 Å². The average Bonchev–Trinajstić information content (AvgIpc) is 3.52. The Balaban J connectivity index is 1.38. The van der Waals surface area contributed by atoms with Gasteiger partial charge in [-0.15, -0.1) is 0 Å². The van der Waals surface area contributed by atoms with Crippen molar-refractivity contribution >= 4 is 15.5 Å². The van der Waals surface area contributed by atoms with Crippen LogP contribution in [0.2, 0.25) is 0 Å². The van der Waals surface area contributed by atoms with Crippen LogP contribution in [0.4, 0.5) is 5.69 Å². The van der Waals surface area contributed by atoms with E-state index in [0.29, 0.717) is 11.4 Å². The van der Waals surface area contributed by atoms with Crippen molar-refractivity contribution in [1.29, 1.82) is 0 Å². The van der Waals surface area contributed by atoms with E-state index < -0.39 is 16.2 Å². The van der Waals surface area contributed by atoms with Gasteiger partial charge in [0.15, 0.2) is 16.2 Å². The van der Waals surface area contributed by atoms with Gasteiger partial charge in [-0.05, 0) is 77.4 Å². The topological polar surface area (TPSA) is 89.9 Å². The molecule has 0 amide bonds. The number of aliphatic hydroxyl groups is 2. The maximum absolute atomic E-state index is 12.1. The quantitative estimate of drug-likeness (QED) is 0.375. The van der Waals surface area contributed by atoms with Crippen molar-refractivity contribution in [2.45, 2.75) is 69.3 Å². The van der Waals surface area contributed by atoms with Gasteiger partial charge in [0.2, 0.25) is 0 Å². The Hall–Kier alpha value is -2.71. The van der Waals surface area contributed by atoms with Crippen LogP contribution in [0.3, 0.4) is 0 Å². The normalized spacial score (nSPS) is 17.4. The number of hydrogen-bond donors (Lipinski definition) is 3. The van der Waals surface area contributed by atoms with Gasteiger partial charge in [-0.3, -0.25) is 5.32 Å². The zero-order chi connectivity index (χ0) is 26.2. The minimum absolute atomic E-state index is 0.0379. The molecule has 7 heteroatoms. The molecule has 6 nitrogen and oxygen atoms in total. The molecule has 3 aromatic rings. The smallest absolute Gasteiger partial charge is 0.184 e. The Morgan fingerprint density at radius 2 is 1.70 bits per heavy atom. The number of hydrogen-bond acceptors (Lipinski definition) is 6. The zero-order valence-electron chi connectivity index (χ0n) is 21.6. The second kappa shape index (κ2) is 10.2. The van der Waals surface area contributed by atoms with Gasteiger partial charge in [0.05, 0.1) is 17.3 Å². The Morgan fingerprint density at radius 1 is 1.00 bits per heavy atom. The van der Waals surface area contributed by atoms with Crippen molar-refractivity contribution in [2.24, 2.45) is 0 Å². The molecule has 1 saturated carbocycles. The fourth-order valence-corrected chi connectivity index (χ4v) is 6.91. The molecule has 1 spiro atoms. The van der Waals surface area contributed by atoms with Crippen molar-refractivity contribution in [1.82, 2.24) is 5.32 Å². The lowest BCUT2D eigenvalue weighted by molar-refractivity contribution is 0.128. The fourth-order valence-electron chi connectivity index (χ4n) is 6.02. The summed E-state index contributed by atoms with van der Waals surface area (Å²) >= 11 is 0. The molecule has 0 radical (unpaired) electrons. The third kappa shape index (κ3) is 4.93. The van der Waals surface area contributed by atoms with Gasteiger partial charge in [-0.25, -0.2) is 8.42 Å². The standard InChI is InChI=1S/C30H36N2O4S/c1-3-37(35,36)25-10-6-22(7-11-25)18-31-29(34)32-20-30(14-4-5-15-30)27-17-24(9-13-28(27)32)26-12-8-23(19-33)16-21(26)2/h6-13,16-17,29,31,33-34H,3-5,14-15,18-20H2,1-2H3. The van der Waals surface area contributed by atoms with Gasteiger partial charge in [-0.2, -0.15) is 0 Å². The highest BCUT2D eigenvalue weighted by atomic mass is 32.2. The molecule has 3 aromatic carbocycles. The van der Waals surface area contributed by atoms with E-state index in [1.807, 2.05) is 12.1 Å². The summed E-state index contributed by atoms with van der Waals surface area (Å²) in [6, 6.07) is 19.5. The lowest BCUT2D eigenvalue weighted by Gasteiger charge is -2.29. The van der Waals surface area contributed by atoms with Crippen LogP contribution in [-0.4, -0.2) is 37.3 Å². The molecule has 37 heavy (non-hydrogen) atoms.